The summed E-state index contributed by atoms with van der Waals surface area (Å²) in [5.74, 6) is 0.934. The molecule has 2 bridgehead atoms. The second kappa shape index (κ2) is 10.4. The van der Waals surface area contributed by atoms with Gasteiger partial charge in [-0.2, -0.15) is 0 Å². The minimum absolute atomic E-state index is 0.0460. The van der Waals surface area contributed by atoms with Crippen molar-refractivity contribution >= 4 is 28.6 Å². The summed E-state index contributed by atoms with van der Waals surface area (Å²) in [7, 11) is 0. The Bertz CT molecular complexity index is 1560. The van der Waals surface area contributed by atoms with Gasteiger partial charge < -0.3 is 24.8 Å². The Labute approximate surface area is 239 Å². The van der Waals surface area contributed by atoms with Crippen LogP contribution in [0.3, 0.4) is 0 Å². The van der Waals surface area contributed by atoms with E-state index in [2.05, 4.69) is 10.3 Å². The molecule has 41 heavy (non-hydrogen) atoms. The summed E-state index contributed by atoms with van der Waals surface area (Å²) in [5.41, 5.74) is 1.39. The number of nitrogens with one attached hydrogen (secondary N) is 2. The van der Waals surface area contributed by atoms with E-state index in [0.717, 1.165) is 23.1 Å². The number of piperazine rings is 1. The summed E-state index contributed by atoms with van der Waals surface area (Å²) in [6, 6.07) is 25.3. The normalized spacial score (nSPS) is 18.9. The fraction of sp³-hybridized carbons (Fsp3) is 0.303. The first-order valence-electron chi connectivity index (χ1n) is 14.0. The predicted molar refractivity (Wildman–Crippen MR) is 157 cm³/mol. The molecule has 3 amide bonds. The molecule has 4 aromatic rings. The SMILES string of the molecule is CC(C)(C)[C@H](NC(=O)c1cc2ccccc2[nH]1)C(=O)N1C[C@@H]2C[C@H]1CN2C(=O)c1ccc(Oc2ccccc2)cc1. The van der Waals surface area contributed by atoms with Crippen molar-refractivity contribution in [2.45, 2.75) is 45.3 Å². The molecule has 0 saturated carbocycles. The smallest absolute Gasteiger partial charge is 0.268 e. The van der Waals surface area contributed by atoms with Gasteiger partial charge in [-0.1, -0.05) is 57.2 Å². The van der Waals surface area contributed by atoms with Gasteiger partial charge in [0.05, 0.1) is 12.1 Å². The number of H-pyrrole nitrogens is 1. The van der Waals surface area contributed by atoms with Gasteiger partial charge in [0.2, 0.25) is 5.91 Å². The number of aromatic amines is 1. The molecule has 2 N–H and O–H groups in total. The maximum absolute atomic E-state index is 13.8. The summed E-state index contributed by atoms with van der Waals surface area (Å²) in [4.78, 5) is 47.3. The minimum atomic E-state index is -0.706. The summed E-state index contributed by atoms with van der Waals surface area (Å²) in [6.45, 7) is 6.80. The molecule has 0 aliphatic carbocycles. The van der Waals surface area contributed by atoms with Crippen LogP contribution in [0.2, 0.25) is 0 Å². The molecule has 2 aliphatic rings. The van der Waals surface area contributed by atoms with Crippen LogP contribution in [-0.4, -0.2) is 63.7 Å². The van der Waals surface area contributed by atoms with Crippen LogP contribution in [-0.2, 0) is 4.79 Å². The fourth-order valence-corrected chi connectivity index (χ4v) is 5.86. The zero-order chi connectivity index (χ0) is 28.7. The van der Waals surface area contributed by atoms with Gasteiger partial charge in [0.25, 0.3) is 11.8 Å². The Morgan fingerprint density at radius 3 is 2.15 bits per heavy atom. The van der Waals surface area contributed by atoms with Gasteiger partial charge in [-0.25, -0.2) is 0 Å². The van der Waals surface area contributed by atoms with E-state index in [1.807, 2.05) is 85.2 Å². The van der Waals surface area contributed by atoms with Gasteiger partial charge in [0, 0.05) is 29.6 Å². The first-order valence-corrected chi connectivity index (χ1v) is 14.0. The minimum Gasteiger partial charge on any atom is -0.457 e. The third-order valence-electron chi connectivity index (χ3n) is 8.03. The molecule has 3 heterocycles. The molecule has 210 valence electrons. The van der Waals surface area contributed by atoms with Crippen molar-refractivity contribution in [3.8, 4) is 11.5 Å². The van der Waals surface area contributed by atoms with E-state index in [-0.39, 0.29) is 29.8 Å². The topological polar surface area (TPSA) is 94.7 Å². The Kier molecular flexibility index (Phi) is 6.77. The molecular formula is C33H34N4O4. The second-order valence-corrected chi connectivity index (χ2v) is 12.0. The molecule has 3 aromatic carbocycles. The quantitative estimate of drug-likeness (QED) is 0.344. The molecule has 2 saturated heterocycles. The first kappa shape index (κ1) is 26.6. The average molecular weight is 551 g/mol. The van der Waals surface area contributed by atoms with Gasteiger partial charge in [-0.15, -0.1) is 0 Å². The number of para-hydroxylation sites is 2. The zero-order valence-corrected chi connectivity index (χ0v) is 23.5. The molecule has 1 aromatic heterocycles. The third kappa shape index (κ3) is 5.29. The van der Waals surface area contributed by atoms with Crippen LogP contribution in [0.4, 0.5) is 0 Å². The van der Waals surface area contributed by atoms with Gasteiger partial charge in [0.1, 0.15) is 23.2 Å². The number of amides is 3. The molecule has 0 radical (unpaired) electrons. The number of fused-ring (bicyclic) bond motifs is 3. The lowest BCUT2D eigenvalue weighted by atomic mass is 9.85. The second-order valence-electron chi connectivity index (χ2n) is 12.0. The molecule has 3 atom stereocenters. The maximum Gasteiger partial charge on any atom is 0.268 e. The number of ether oxygens (including phenoxy) is 1. The number of aromatic nitrogens is 1. The highest BCUT2D eigenvalue weighted by Crippen LogP contribution is 2.34. The van der Waals surface area contributed by atoms with Crippen molar-refractivity contribution in [1.82, 2.24) is 20.1 Å². The van der Waals surface area contributed by atoms with E-state index < -0.39 is 11.5 Å². The van der Waals surface area contributed by atoms with Crippen LogP contribution in [0.1, 0.15) is 48.0 Å². The van der Waals surface area contributed by atoms with Crippen molar-refractivity contribution in [3.05, 3.63) is 96.2 Å². The Morgan fingerprint density at radius 1 is 0.854 bits per heavy atom. The van der Waals surface area contributed by atoms with E-state index in [4.69, 9.17) is 4.74 Å². The monoisotopic (exact) mass is 550 g/mol. The standard InChI is InChI=1S/C33H34N4O4/c1-33(2,3)29(35-30(38)28-17-22-9-7-8-12-27(22)34-28)32(40)37-20-23-18-24(37)19-36(23)31(39)21-13-15-26(16-14-21)41-25-10-5-4-6-11-25/h4-17,23-24,29,34H,18-20H2,1-3H3,(H,35,38)/t23-,24-,29+/m0/s1. The van der Waals surface area contributed by atoms with Gasteiger partial charge in [-0.05, 0) is 60.4 Å². The number of hydrogen-bond acceptors (Lipinski definition) is 4. The van der Waals surface area contributed by atoms with Crippen LogP contribution >= 0.6 is 0 Å². The van der Waals surface area contributed by atoms with E-state index in [1.54, 1.807) is 30.3 Å². The number of nitrogens with zero attached hydrogens (tertiary/aromatic N) is 2. The van der Waals surface area contributed by atoms with E-state index in [1.165, 1.54) is 0 Å². The molecule has 8 heteroatoms. The molecule has 8 nitrogen and oxygen atoms in total. The van der Waals surface area contributed by atoms with Gasteiger partial charge >= 0.3 is 0 Å². The van der Waals surface area contributed by atoms with E-state index in [9.17, 15) is 14.4 Å². The van der Waals surface area contributed by atoms with Gasteiger partial charge in [-0.3, -0.25) is 14.4 Å². The summed E-state index contributed by atoms with van der Waals surface area (Å²) in [6.07, 6.45) is 0.736. The molecule has 6 rings (SSSR count). The fourth-order valence-electron chi connectivity index (χ4n) is 5.86. The van der Waals surface area contributed by atoms with Crippen molar-refractivity contribution in [3.63, 3.8) is 0 Å². The van der Waals surface area contributed by atoms with Gasteiger partial charge in [0.15, 0.2) is 0 Å². The highest BCUT2D eigenvalue weighted by molar-refractivity contribution is 6.00. The molecular weight excluding hydrogens is 516 g/mol. The van der Waals surface area contributed by atoms with Crippen molar-refractivity contribution < 1.29 is 19.1 Å². The maximum atomic E-state index is 13.8. The largest absolute Gasteiger partial charge is 0.457 e. The summed E-state index contributed by atoms with van der Waals surface area (Å²) in [5, 5.41) is 3.94. The van der Waals surface area contributed by atoms with E-state index in [0.29, 0.717) is 30.1 Å². The van der Waals surface area contributed by atoms with Crippen molar-refractivity contribution in [2.24, 2.45) is 5.41 Å². The highest BCUT2D eigenvalue weighted by atomic mass is 16.5. The first-order chi connectivity index (χ1) is 19.7. The zero-order valence-electron chi connectivity index (χ0n) is 23.5. The van der Waals surface area contributed by atoms with Crippen molar-refractivity contribution in [1.29, 1.82) is 0 Å². The highest BCUT2D eigenvalue weighted by Gasteiger charge is 2.49. The van der Waals surface area contributed by atoms with Crippen molar-refractivity contribution in [2.75, 3.05) is 13.1 Å². The Balaban J connectivity index is 1.11. The lowest BCUT2D eigenvalue weighted by Gasteiger charge is -2.39. The Morgan fingerprint density at radius 2 is 1.49 bits per heavy atom. The van der Waals surface area contributed by atoms with Crippen LogP contribution < -0.4 is 10.1 Å². The van der Waals surface area contributed by atoms with E-state index >= 15 is 0 Å². The number of carbonyl (C=O) groups excluding carboxylic acids is 3. The lowest BCUT2D eigenvalue weighted by molar-refractivity contribution is -0.138. The molecule has 0 spiro atoms. The number of likely N-dealkylation sites (tertiary alicyclic amines) is 2. The van der Waals surface area contributed by atoms with Crippen LogP contribution in [0.15, 0.2) is 84.9 Å². The Hall–Kier alpha value is -4.59. The predicted octanol–water partition coefficient (Wildman–Crippen LogP) is 5.23. The lowest BCUT2D eigenvalue weighted by Crippen LogP contribution is -2.59. The van der Waals surface area contributed by atoms with Crippen LogP contribution in [0.5, 0.6) is 11.5 Å². The summed E-state index contributed by atoms with van der Waals surface area (Å²) >= 11 is 0. The number of rotatable bonds is 6. The number of benzene rings is 3. The van der Waals surface area contributed by atoms with Crippen LogP contribution in [0.25, 0.3) is 10.9 Å². The molecule has 2 fully saturated rings. The molecule has 0 unspecified atom stereocenters. The third-order valence-corrected chi connectivity index (χ3v) is 8.03. The number of carbonyl (C=O) groups is 3. The summed E-state index contributed by atoms with van der Waals surface area (Å²) < 4.78 is 5.85. The van der Waals surface area contributed by atoms with Crippen LogP contribution in [0, 0.1) is 5.41 Å². The average Bonchev–Trinajstić information content (AvgIpc) is 3.70. The number of hydrogen-bond donors (Lipinski definition) is 2. The molecule has 2 aliphatic heterocycles.